The van der Waals surface area contributed by atoms with Crippen molar-refractivity contribution in [1.82, 2.24) is 4.31 Å². The quantitative estimate of drug-likeness (QED) is 0.797. The van der Waals surface area contributed by atoms with E-state index in [-0.39, 0.29) is 22.3 Å². The number of ether oxygens (including phenoxy) is 1. The first kappa shape index (κ1) is 19.1. The van der Waals surface area contributed by atoms with Gasteiger partial charge in [-0.3, -0.25) is 9.79 Å². The normalized spacial score (nSPS) is 14.6. The highest BCUT2D eigenvalue weighted by Gasteiger charge is 2.23. The molecule has 0 radical (unpaired) electrons. The molecule has 7 nitrogen and oxygen atoms in total. The summed E-state index contributed by atoms with van der Waals surface area (Å²) in [6.07, 6.45) is 0. The number of methoxy groups -OCH3 is 1. The summed E-state index contributed by atoms with van der Waals surface area (Å²) in [6, 6.07) is 4.53. The van der Waals surface area contributed by atoms with E-state index in [1.165, 1.54) is 45.1 Å². The van der Waals surface area contributed by atoms with Crippen LogP contribution in [-0.4, -0.2) is 62.3 Å². The van der Waals surface area contributed by atoms with Gasteiger partial charge in [-0.2, -0.15) is 0 Å². The molecule has 24 heavy (non-hydrogen) atoms. The van der Waals surface area contributed by atoms with E-state index in [1.54, 1.807) is 17.8 Å². The van der Waals surface area contributed by atoms with Gasteiger partial charge in [-0.1, -0.05) is 23.5 Å². The zero-order valence-corrected chi connectivity index (χ0v) is 16.1. The van der Waals surface area contributed by atoms with Crippen LogP contribution in [0.3, 0.4) is 0 Å². The van der Waals surface area contributed by atoms with Gasteiger partial charge in [0.15, 0.2) is 0 Å². The van der Waals surface area contributed by atoms with Gasteiger partial charge in [0.2, 0.25) is 15.9 Å². The van der Waals surface area contributed by atoms with Crippen molar-refractivity contribution in [1.29, 1.82) is 0 Å². The van der Waals surface area contributed by atoms with Crippen molar-refractivity contribution in [2.75, 3.05) is 44.6 Å². The van der Waals surface area contributed by atoms with Gasteiger partial charge >= 0.3 is 0 Å². The first-order valence-electron chi connectivity index (χ1n) is 7.05. The van der Waals surface area contributed by atoms with Crippen molar-refractivity contribution in [2.24, 2.45) is 4.99 Å². The molecule has 0 bridgehead atoms. The predicted molar refractivity (Wildman–Crippen MR) is 99.7 cm³/mol. The predicted octanol–water partition coefficient (Wildman–Crippen LogP) is 1.72. The average Bonchev–Trinajstić information content (AvgIpc) is 3.06. The molecule has 2 rings (SSSR count). The number of carbonyl (C=O) groups is 1. The molecule has 0 aliphatic carbocycles. The summed E-state index contributed by atoms with van der Waals surface area (Å²) >= 11 is 3.02. The molecular formula is C14H19N3O4S3. The molecule has 0 atom stereocenters. The Morgan fingerprint density at radius 1 is 1.46 bits per heavy atom. The van der Waals surface area contributed by atoms with Crippen molar-refractivity contribution in [3.63, 3.8) is 0 Å². The van der Waals surface area contributed by atoms with Gasteiger partial charge in [0.25, 0.3) is 0 Å². The summed E-state index contributed by atoms with van der Waals surface area (Å²) in [6.45, 7) is 0.791. The smallest absolute Gasteiger partial charge is 0.246 e. The molecule has 0 aromatic heterocycles. The Kier molecular flexibility index (Phi) is 6.55. The molecule has 0 saturated heterocycles. The SMILES string of the molecule is COc1ccc(NC(=O)CSC2=NCCS2)cc1S(=O)(=O)N(C)C. The van der Waals surface area contributed by atoms with E-state index >= 15 is 0 Å². The zero-order chi connectivity index (χ0) is 17.7. The number of thioether (sulfide) groups is 2. The minimum atomic E-state index is -3.67. The average molecular weight is 390 g/mol. The molecule has 1 heterocycles. The monoisotopic (exact) mass is 389 g/mol. The Hall–Kier alpha value is -1.23. The topological polar surface area (TPSA) is 88.1 Å². The second kappa shape index (κ2) is 8.24. The van der Waals surface area contributed by atoms with Crippen LogP contribution in [-0.2, 0) is 14.8 Å². The summed E-state index contributed by atoms with van der Waals surface area (Å²) in [7, 11) is 0.610. The first-order chi connectivity index (χ1) is 11.3. The molecule has 1 aliphatic heterocycles. The van der Waals surface area contributed by atoms with Gasteiger partial charge in [-0.25, -0.2) is 12.7 Å². The number of nitrogens with one attached hydrogen (secondary N) is 1. The van der Waals surface area contributed by atoms with Gasteiger partial charge in [-0.05, 0) is 18.2 Å². The second-order valence-electron chi connectivity index (χ2n) is 4.99. The standard InChI is InChI=1S/C14H19N3O4S3/c1-17(2)24(19,20)12-8-10(4-5-11(12)21-3)16-13(18)9-23-14-15-6-7-22-14/h4-5,8H,6-7,9H2,1-3H3,(H,16,18). The number of hydrogen-bond acceptors (Lipinski definition) is 7. The van der Waals surface area contributed by atoms with Crippen LogP contribution in [0.15, 0.2) is 28.1 Å². The van der Waals surface area contributed by atoms with Gasteiger partial charge in [0.05, 0.1) is 19.4 Å². The summed E-state index contributed by atoms with van der Waals surface area (Å²) in [5.41, 5.74) is 0.405. The second-order valence-corrected chi connectivity index (χ2v) is 9.41. The van der Waals surface area contributed by atoms with E-state index in [2.05, 4.69) is 10.3 Å². The maximum absolute atomic E-state index is 12.4. The van der Waals surface area contributed by atoms with E-state index in [1.807, 2.05) is 0 Å². The fourth-order valence-corrected chi connectivity index (χ4v) is 4.76. The van der Waals surface area contributed by atoms with E-state index < -0.39 is 10.0 Å². The van der Waals surface area contributed by atoms with Crippen LogP contribution in [0, 0.1) is 0 Å². The highest BCUT2D eigenvalue weighted by molar-refractivity contribution is 8.39. The highest BCUT2D eigenvalue weighted by Crippen LogP contribution is 2.29. The minimum absolute atomic E-state index is 0.0103. The van der Waals surface area contributed by atoms with Crippen molar-refractivity contribution in [2.45, 2.75) is 4.90 Å². The molecule has 1 aromatic rings. The third-order valence-corrected chi connectivity index (χ3v) is 7.18. The molecule has 10 heteroatoms. The number of anilines is 1. The molecule has 0 saturated carbocycles. The van der Waals surface area contributed by atoms with E-state index in [4.69, 9.17) is 4.74 Å². The lowest BCUT2D eigenvalue weighted by molar-refractivity contribution is -0.113. The number of benzene rings is 1. The van der Waals surface area contributed by atoms with Crippen LogP contribution >= 0.6 is 23.5 Å². The summed E-state index contributed by atoms with van der Waals surface area (Å²) in [4.78, 5) is 16.3. The third-order valence-electron chi connectivity index (χ3n) is 3.09. The van der Waals surface area contributed by atoms with Gasteiger partial charge in [0.1, 0.15) is 15.0 Å². The molecular weight excluding hydrogens is 370 g/mol. The van der Waals surface area contributed by atoms with Crippen LogP contribution in [0.5, 0.6) is 5.75 Å². The lowest BCUT2D eigenvalue weighted by Crippen LogP contribution is -2.23. The fraction of sp³-hybridized carbons (Fsp3) is 0.429. The number of nitrogens with zero attached hydrogens (tertiary/aromatic N) is 2. The Labute approximate surface area is 150 Å². The molecule has 132 valence electrons. The number of carbonyl (C=O) groups excluding carboxylic acids is 1. The van der Waals surface area contributed by atoms with Gasteiger partial charge in [-0.15, -0.1) is 0 Å². The van der Waals surface area contributed by atoms with Crippen LogP contribution in [0.4, 0.5) is 5.69 Å². The summed E-state index contributed by atoms with van der Waals surface area (Å²) in [5.74, 6) is 1.20. The molecule has 1 N–H and O–H groups in total. The third kappa shape index (κ3) is 4.65. The van der Waals surface area contributed by atoms with Crippen LogP contribution in [0.2, 0.25) is 0 Å². The van der Waals surface area contributed by atoms with E-state index in [0.717, 1.165) is 21.0 Å². The molecule has 0 fully saturated rings. The highest BCUT2D eigenvalue weighted by atomic mass is 32.2. The Balaban J connectivity index is 2.12. The Bertz CT molecular complexity index is 748. The van der Waals surface area contributed by atoms with Crippen LogP contribution in [0.1, 0.15) is 0 Å². The van der Waals surface area contributed by atoms with Crippen molar-refractivity contribution >= 4 is 49.5 Å². The number of hydrogen-bond donors (Lipinski definition) is 1. The Morgan fingerprint density at radius 3 is 2.79 bits per heavy atom. The van der Waals surface area contributed by atoms with Crippen molar-refractivity contribution in [3.8, 4) is 5.75 Å². The zero-order valence-electron chi connectivity index (χ0n) is 13.6. The maximum Gasteiger partial charge on any atom is 0.246 e. The minimum Gasteiger partial charge on any atom is -0.495 e. The molecule has 0 spiro atoms. The van der Waals surface area contributed by atoms with Crippen molar-refractivity contribution < 1.29 is 17.9 Å². The molecule has 1 amide bonds. The molecule has 1 aromatic carbocycles. The van der Waals surface area contributed by atoms with Crippen LogP contribution in [0.25, 0.3) is 0 Å². The molecule has 1 aliphatic rings. The maximum atomic E-state index is 12.4. The fourth-order valence-electron chi connectivity index (χ4n) is 1.88. The van der Waals surface area contributed by atoms with Crippen molar-refractivity contribution in [3.05, 3.63) is 18.2 Å². The largest absolute Gasteiger partial charge is 0.495 e. The number of sulfonamides is 1. The molecule has 0 unspecified atom stereocenters. The lowest BCUT2D eigenvalue weighted by atomic mass is 10.3. The number of rotatable bonds is 6. The van der Waals surface area contributed by atoms with E-state index in [9.17, 15) is 13.2 Å². The number of aliphatic imine (C=N–C) groups is 1. The number of amides is 1. The lowest BCUT2D eigenvalue weighted by Gasteiger charge is -2.16. The van der Waals surface area contributed by atoms with E-state index in [0.29, 0.717) is 5.69 Å². The van der Waals surface area contributed by atoms with Gasteiger partial charge in [0, 0.05) is 25.5 Å². The Morgan fingerprint density at radius 2 is 2.21 bits per heavy atom. The first-order valence-corrected chi connectivity index (χ1v) is 10.5. The summed E-state index contributed by atoms with van der Waals surface area (Å²) in [5, 5.41) is 2.71. The summed E-state index contributed by atoms with van der Waals surface area (Å²) < 4.78 is 31.8. The van der Waals surface area contributed by atoms with Crippen LogP contribution < -0.4 is 10.1 Å². The van der Waals surface area contributed by atoms with Gasteiger partial charge < -0.3 is 10.1 Å².